The Morgan fingerprint density at radius 2 is 2.17 bits per heavy atom. The summed E-state index contributed by atoms with van der Waals surface area (Å²) in [4.78, 5) is 27.3. The Balaban J connectivity index is 1.43. The number of thioether (sulfide) groups is 1. The molecule has 3 rings (SSSR count). The number of carbonyl (C=O) groups is 2. The van der Waals surface area contributed by atoms with Gasteiger partial charge in [-0.05, 0) is 50.9 Å². The molecule has 0 spiro atoms. The number of aliphatic hydroxyl groups is 1. The zero-order valence-electron chi connectivity index (χ0n) is 17.0. The van der Waals surface area contributed by atoms with Gasteiger partial charge in [0, 0.05) is 23.5 Å². The maximum atomic E-state index is 12.3. The number of aromatic carboxylic acids is 1. The fourth-order valence-electron chi connectivity index (χ4n) is 4.13. The second-order valence-corrected chi connectivity index (χ2v) is 10.9. The van der Waals surface area contributed by atoms with Crippen molar-refractivity contribution in [3.63, 3.8) is 0 Å². The van der Waals surface area contributed by atoms with Crippen LogP contribution in [0.5, 0.6) is 0 Å². The van der Waals surface area contributed by atoms with E-state index < -0.39 is 11.6 Å². The van der Waals surface area contributed by atoms with Crippen LogP contribution in [0.4, 0.5) is 0 Å². The molecule has 1 aromatic heterocycles. The lowest BCUT2D eigenvalue weighted by molar-refractivity contribution is -0.121. The van der Waals surface area contributed by atoms with Crippen molar-refractivity contribution in [2.24, 2.45) is 17.8 Å². The van der Waals surface area contributed by atoms with E-state index in [4.69, 9.17) is 5.11 Å². The highest BCUT2D eigenvalue weighted by molar-refractivity contribution is 8.01. The van der Waals surface area contributed by atoms with E-state index in [0.717, 1.165) is 41.7 Å². The third-order valence-corrected chi connectivity index (χ3v) is 8.32. The smallest absolute Gasteiger partial charge is 0.355 e. The summed E-state index contributed by atoms with van der Waals surface area (Å²) in [6.45, 7) is 1.92. The van der Waals surface area contributed by atoms with Crippen molar-refractivity contribution in [1.82, 2.24) is 4.98 Å². The number of carboxylic acid groups (broad SMARTS) is 1. The van der Waals surface area contributed by atoms with Crippen LogP contribution in [-0.2, 0) is 4.79 Å². The van der Waals surface area contributed by atoms with E-state index in [2.05, 4.69) is 17.1 Å². The van der Waals surface area contributed by atoms with E-state index in [1.165, 1.54) is 42.4 Å². The highest BCUT2D eigenvalue weighted by Gasteiger charge is 2.32. The molecule has 2 aliphatic carbocycles. The van der Waals surface area contributed by atoms with Gasteiger partial charge in [0.1, 0.15) is 5.78 Å². The highest BCUT2D eigenvalue weighted by Crippen LogP contribution is 2.36. The van der Waals surface area contributed by atoms with E-state index in [0.29, 0.717) is 18.6 Å². The number of rotatable bonds is 11. The topological polar surface area (TPSA) is 87.5 Å². The van der Waals surface area contributed by atoms with E-state index in [9.17, 15) is 14.7 Å². The molecule has 29 heavy (non-hydrogen) atoms. The van der Waals surface area contributed by atoms with Gasteiger partial charge in [-0.3, -0.25) is 4.79 Å². The van der Waals surface area contributed by atoms with Gasteiger partial charge in [0.2, 0.25) is 0 Å². The minimum absolute atomic E-state index is 0.0255. The van der Waals surface area contributed by atoms with Gasteiger partial charge in [0.25, 0.3) is 0 Å². The average Bonchev–Trinajstić information content (AvgIpc) is 3.22. The fraction of sp³-hybridized carbons (Fsp3) is 0.682. The van der Waals surface area contributed by atoms with Crippen molar-refractivity contribution in [3.05, 3.63) is 23.2 Å². The predicted molar refractivity (Wildman–Crippen MR) is 117 cm³/mol. The van der Waals surface area contributed by atoms with Crippen molar-refractivity contribution in [1.29, 1.82) is 0 Å². The number of hydrogen-bond acceptors (Lipinski definition) is 6. The van der Waals surface area contributed by atoms with Crippen LogP contribution in [0.1, 0.15) is 75.2 Å². The summed E-state index contributed by atoms with van der Waals surface area (Å²) in [5.74, 6) is 1.15. The number of allylic oxidation sites excluding steroid dienone is 1. The molecule has 2 saturated carbocycles. The van der Waals surface area contributed by atoms with E-state index in [1.807, 2.05) is 6.92 Å². The Morgan fingerprint density at radius 3 is 2.83 bits per heavy atom. The molecular weight excluding hydrogens is 406 g/mol. The first-order valence-corrected chi connectivity index (χ1v) is 12.4. The molecule has 0 saturated heterocycles. The summed E-state index contributed by atoms with van der Waals surface area (Å²) in [7, 11) is 0. The zero-order chi connectivity index (χ0) is 20.9. The molecule has 0 bridgehead atoms. The number of thiazole rings is 1. The molecule has 0 radical (unpaired) electrons. The fourth-order valence-corrected chi connectivity index (χ4v) is 6.02. The Kier molecular flexibility index (Phi) is 7.93. The van der Waals surface area contributed by atoms with Crippen LogP contribution in [0.25, 0.3) is 0 Å². The molecule has 0 aromatic carbocycles. The number of aromatic nitrogens is 1. The standard InChI is InChI=1S/C22H31NO4S2/c1-22(27,12-9-15-4-2-5-15)11-3-6-16-7-8-19(24)17(16)10-13-28-21-23-18(14-29-21)20(25)26/h3,6,14-17,27H,2,4-5,7-13H2,1H3,(H,25,26). The summed E-state index contributed by atoms with van der Waals surface area (Å²) in [5, 5.41) is 21.1. The van der Waals surface area contributed by atoms with Crippen LogP contribution < -0.4 is 0 Å². The maximum absolute atomic E-state index is 12.3. The first-order valence-electron chi connectivity index (χ1n) is 10.6. The first-order chi connectivity index (χ1) is 13.8. The molecule has 2 aliphatic rings. The molecule has 3 atom stereocenters. The van der Waals surface area contributed by atoms with Crippen molar-refractivity contribution in [2.45, 2.75) is 74.7 Å². The van der Waals surface area contributed by atoms with Gasteiger partial charge in [-0.15, -0.1) is 11.3 Å². The largest absolute Gasteiger partial charge is 0.476 e. The molecule has 2 N–H and O–H groups in total. The number of carbonyl (C=O) groups excluding carboxylic acids is 1. The summed E-state index contributed by atoms with van der Waals surface area (Å²) >= 11 is 2.86. The number of nitrogens with zero attached hydrogens (tertiary/aromatic N) is 1. The van der Waals surface area contributed by atoms with Crippen molar-refractivity contribution in [3.8, 4) is 0 Å². The van der Waals surface area contributed by atoms with Crippen LogP contribution in [0.3, 0.4) is 0 Å². The lowest BCUT2D eigenvalue weighted by Gasteiger charge is -2.29. The minimum Gasteiger partial charge on any atom is -0.476 e. The van der Waals surface area contributed by atoms with Crippen LogP contribution in [0.15, 0.2) is 21.9 Å². The molecule has 7 heteroatoms. The van der Waals surface area contributed by atoms with Gasteiger partial charge in [0.05, 0.1) is 5.60 Å². The van der Waals surface area contributed by atoms with E-state index in [1.54, 1.807) is 5.38 Å². The van der Waals surface area contributed by atoms with Gasteiger partial charge in [-0.1, -0.05) is 43.2 Å². The van der Waals surface area contributed by atoms with Crippen molar-refractivity contribution in [2.75, 3.05) is 5.75 Å². The molecule has 160 valence electrons. The lowest BCUT2D eigenvalue weighted by atomic mass is 9.79. The summed E-state index contributed by atoms with van der Waals surface area (Å²) in [6, 6.07) is 0. The molecule has 0 amide bonds. The summed E-state index contributed by atoms with van der Waals surface area (Å²) in [5.41, 5.74) is -0.577. The molecule has 1 aromatic rings. The van der Waals surface area contributed by atoms with Crippen LogP contribution >= 0.6 is 23.1 Å². The quantitative estimate of drug-likeness (QED) is 0.366. The van der Waals surface area contributed by atoms with Gasteiger partial charge >= 0.3 is 5.97 Å². The Bertz CT molecular complexity index is 739. The number of carboxylic acids is 1. The van der Waals surface area contributed by atoms with Crippen molar-refractivity contribution < 1.29 is 19.8 Å². The molecule has 2 fully saturated rings. The third kappa shape index (κ3) is 6.66. The minimum atomic E-state index is -1.01. The molecular formula is C22H31NO4S2. The second kappa shape index (κ2) is 10.2. The van der Waals surface area contributed by atoms with Gasteiger partial charge < -0.3 is 10.2 Å². The highest BCUT2D eigenvalue weighted by atomic mass is 32.2. The van der Waals surface area contributed by atoms with Gasteiger partial charge in [0.15, 0.2) is 10.0 Å². The second-order valence-electron chi connectivity index (χ2n) is 8.68. The number of hydrogen-bond donors (Lipinski definition) is 2. The predicted octanol–water partition coefficient (Wildman–Crippen LogP) is 5.20. The van der Waals surface area contributed by atoms with E-state index in [-0.39, 0.29) is 17.5 Å². The molecule has 0 aliphatic heterocycles. The summed E-state index contributed by atoms with van der Waals surface area (Å²) in [6.07, 6.45) is 13.1. The zero-order valence-corrected chi connectivity index (χ0v) is 18.6. The lowest BCUT2D eigenvalue weighted by Crippen LogP contribution is -2.25. The van der Waals surface area contributed by atoms with E-state index >= 15 is 0 Å². The van der Waals surface area contributed by atoms with Gasteiger partial charge in [-0.25, -0.2) is 9.78 Å². The third-order valence-electron chi connectivity index (χ3n) is 6.27. The Morgan fingerprint density at radius 1 is 1.38 bits per heavy atom. The maximum Gasteiger partial charge on any atom is 0.355 e. The molecule has 1 heterocycles. The summed E-state index contributed by atoms with van der Waals surface area (Å²) < 4.78 is 0.738. The Hall–Kier alpha value is -1.18. The Labute approximate surface area is 181 Å². The molecule has 5 nitrogen and oxygen atoms in total. The van der Waals surface area contributed by atoms with Crippen LogP contribution in [-0.4, -0.2) is 38.3 Å². The van der Waals surface area contributed by atoms with Crippen molar-refractivity contribution >= 4 is 34.9 Å². The SMILES string of the molecule is CC(O)(CC=CC1CCC(=O)C1CCSc1nc(C(=O)O)cs1)CCC1CCC1. The monoisotopic (exact) mass is 437 g/mol. The van der Waals surface area contributed by atoms with Crippen LogP contribution in [0.2, 0.25) is 0 Å². The molecule has 3 unspecified atom stereocenters. The number of ketones is 1. The number of Topliss-reactive ketones (excluding diaryl/α,β-unsaturated/α-hetero) is 1. The average molecular weight is 438 g/mol. The first kappa shape index (κ1) is 22.5. The van der Waals surface area contributed by atoms with Gasteiger partial charge in [-0.2, -0.15) is 0 Å². The normalized spacial score (nSPS) is 24.7. The van der Waals surface area contributed by atoms with Crippen LogP contribution in [0, 0.1) is 17.8 Å².